The molecule has 0 fully saturated rings. The highest BCUT2D eigenvalue weighted by Crippen LogP contribution is 1.55. The lowest BCUT2D eigenvalue weighted by atomic mass is 11.0. The van der Waals surface area contributed by atoms with Gasteiger partial charge in [0.2, 0.25) is 0 Å². The van der Waals surface area contributed by atoms with Gasteiger partial charge < -0.3 is 0 Å². The maximum Gasteiger partial charge on any atom is 0.0690 e. The monoisotopic (exact) mass is 150 g/mol. The first-order valence-corrected chi connectivity index (χ1v) is 2.65. The van der Waals surface area contributed by atoms with Crippen LogP contribution in [0.15, 0.2) is 12.4 Å². The summed E-state index contributed by atoms with van der Waals surface area (Å²) in [6.45, 7) is 0. The molecule has 6 heteroatoms. The second kappa shape index (κ2) is 6.80. The van der Waals surface area contributed by atoms with Crippen LogP contribution in [-0.4, -0.2) is 15.4 Å². The fourth-order valence-corrected chi connectivity index (χ4v) is 0.167. The number of hydrogen-bond acceptors (Lipinski definition) is 5. The predicted molar refractivity (Wildman–Crippen MR) is 37.5 cm³/mol. The lowest BCUT2D eigenvalue weighted by Gasteiger charge is -1.57. The summed E-state index contributed by atoms with van der Waals surface area (Å²) >= 11 is 6.81. The summed E-state index contributed by atoms with van der Waals surface area (Å²) in [5.74, 6) is 0. The van der Waals surface area contributed by atoms with Gasteiger partial charge in [-0.05, 0) is 0 Å². The normalized spacial score (nSPS) is 7.25. The molecule has 0 radical (unpaired) electrons. The number of nitrogens with zero attached hydrogens (tertiary/aromatic N) is 2. The third-order valence-electron chi connectivity index (χ3n) is 0.331. The molecule has 0 amide bonds. The van der Waals surface area contributed by atoms with Crippen molar-refractivity contribution in [3.8, 4) is 0 Å². The molecule has 0 aliphatic rings. The molecule has 8 heavy (non-hydrogen) atoms. The Hall–Kier alpha value is -0.200. The quantitative estimate of drug-likeness (QED) is 0.396. The molecule has 0 aromatic carbocycles. The highest BCUT2D eigenvalue weighted by molar-refractivity contribution is 7.94. The van der Waals surface area contributed by atoms with Crippen molar-refractivity contribution in [2.75, 3.05) is 0 Å². The Labute approximate surface area is 58.2 Å². The number of thiol groups is 2. The van der Waals surface area contributed by atoms with Crippen LogP contribution in [0, 0.1) is 0 Å². The first-order valence-electron chi connectivity index (χ1n) is 1.75. The van der Waals surface area contributed by atoms with E-state index < -0.39 is 0 Å². The molecule has 1 aromatic heterocycles. The summed E-state index contributed by atoms with van der Waals surface area (Å²) in [5, 5.41) is 9.26. The van der Waals surface area contributed by atoms with Crippen molar-refractivity contribution in [3.63, 3.8) is 0 Å². The molecule has 0 aliphatic heterocycles. The molecule has 0 unspecified atom stereocenters. The molecule has 0 bridgehead atoms. The summed E-state index contributed by atoms with van der Waals surface area (Å²) < 4.78 is 2.14. The Kier molecular flexibility index (Phi) is 6.63. The van der Waals surface area contributed by atoms with E-state index in [1.807, 2.05) is 0 Å². The minimum absolute atomic E-state index is 1.58. The number of nitrogens with one attached hydrogen (secondary N) is 2. The largest absolute Gasteiger partial charge is 0.266 e. The predicted octanol–water partition coefficient (Wildman–Crippen LogP) is 0.0703. The standard InChI is InChI=1S/C2H3N3.H3NS2/c1-2-4-5-3-1;2-1-3/h1-2H,(H,3,4,5);1-3H. The van der Waals surface area contributed by atoms with Gasteiger partial charge in [0.25, 0.3) is 0 Å². The molecule has 0 spiro atoms. The van der Waals surface area contributed by atoms with Crippen LogP contribution in [-0.2, 0) is 0 Å². The maximum absolute atomic E-state index is 3.42. The summed E-state index contributed by atoms with van der Waals surface area (Å²) in [6, 6.07) is 0. The molecule has 1 heterocycles. The van der Waals surface area contributed by atoms with Crippen LogP contribution in [0.25, 0.3) is 0 Å². The van der Waals surface area contributed by atoms with Gasteiger partial charge in [-0.3, -0.25) is 5.10 Å². The first-order chi connectivity index (χ1) is 3.91. The highest BCUT2D eigenvalue weighted by atomic mass is 32.2. The van der Waals surface area contributed by atoms with Crippen LogP contribution in [0.1, 0.15) is 0 Å². The van der Waals surface area contributed by atoms with Gasteiger partial charge in [-0.2, -0.15) is 0 Å². The van der Waals surface area contributed by atoms with Crippen molar-refractivity contribution in [2.45, 2.75) is 0 Å². The Morgan fingerprint density at radius 3 is 2.25 bits per heavy atom. The van der Waals surface area contributed by atoms with E-state index >= 15 is 0 Å². The zero-order chi connectivity index (χ0) is 6.24. The highest BCUT2D eigenvalue weighted by Gasteiger charge is 1.57. The number of rotatable bonds is 0. The minimum Gasteiger partial charge on any atom is -0.266 e. The first kappa shape index (κ1) is 7.80. The lowest BCUT2D eigenvalue weighted by molar-refractivity contribution is 0.940. The fourth-order valence-electron chi connectivity index (χ4n) is 0.167. The Morgan fingerprint density at radius 1 is 1.50 bits per heavy atom. The van der Waals surface area contributed by atoms with Crippen molar-refractivity contribution in [1.82, 2.24) is 19.5 Å². The lowest BCUT2D eigenvalue weighted by Crippen LogP contribution is -1.61. The molecular formula is C2H6N4S2. The molecule has 4 nitrogen and oxygen atoms in total. The minimum atomic E-state index is 1.58. The molecule has 46 valence electrons. The van der Waals surface area contributed by atoms with E-state index in [1.54, 1.807) is 12.4 Å². The third-order valence-corrected chi connectivity index (χ3v) is 0.331. The van der Waals surface area contributed by atoms with E-state index in [9.17, 15) is 0 Å². The van der Waals surface area contributed by atoms with Crippen molar-refractivity contribution >= 4 is 25.6 Å². The van der Waals surface area contributed by atoms with Gasteiger partial charge >= 0.3 is 0 Å². The van der Waals surface area contributed by atoms with Crippen LogP contribution < -0.4 is 4.13 Å². The second-order valence-corrected chi connectivity index (χ2v) is 1.56. The van der Waals surface area contributed by atoms with Gasteiger partial charge in [0.05, 0.1) is 6.20 Å². The molecule has 2 N–H and O–H groups in total. The van der Waals surface area contributed by atoms with E-state index in [-0.39, 0.29) is 0 Å². The average Bonchev–Trinajstić information content (AvgIpc) is 2.17. The van der Waals surface area contributed by atoms with Crippen LogP contribution in [0.3, 0.4) is 0 Å². The molecule has 0 atom stereocenters. The number of aromatic amines is 1. The SMILES string of the molecule is SNS.c1c[nH]nn1. The Morgan fingerprint density at radius 2 is 2.12 bits per heavy atom. The van der Waals surface area contributed by atoms with Gasteiger partial charge in [-0.1, -0.05) is 30.8 Å². The summed E-state index contributed by atoms with van der Waals surface area (Å²) in [7, 11) is 0. The Balaban J connectivity index is 0.000000145. The number of H-pyrrole nitrogens is 1. The van der Waals surface area contributed by atoms with Crippen molar-refractivity contribution in [3.05, 3.63) is 12.4 Å². The molecule has 1 aromatic rings. The smallest absolute Gasteiger partial charge is 0.0690 e. The second-order valence-electron chi connectivity index (χ2n) is 0.760. The van der Waals surface area contributed by atoms with Gasteiger partial charge in [0.15, 0.2) is 0 Å². The molecule has 1 rings (SSSR count). The Bertz CT molecular complexity index is 78.9. The van der Waals surface area contributed by atoms with Gasteiger partial charge in [0.1, 0.15) is 0 Å². The summed E-state index contributed by atoms with van der Waals surface area (Å²) in [5.41, 5.74) is 0. The number of hydrogen-bond donors (Lipinski definition) is 4. The third kappa shape index (κ3) is 5.80. The van der Waals surface area contributed by atoms with E-state index in [4.69, 9.17) is 0 Å². The van der Waals surface area contributed by atoms with E-state index in [1.165, 1.54) is 0 Å². The van der Waals surface area contributed by atoms with Gasteiger partial charge in [-0.25, -0.2) is 4.13 Å². The molecule has 0 saturated heterocycles. The molecular weight excluding hydrogens is 144 g/mol. The van der Waals surface area contributed by atoms with Crippen LogP contribution in [0.2, 0.25) is 0 Å². The van der Waals surface area contributed by atoms with Crippen molar-refractivity contribution < 1.29 is 0 Å². The fraction of sp³-hybridized carbons (Fsp3) is 0. The zero-order valence-corrected chi connectivity index (χ0v) is 5.73. The average molecular weight is 150 g/mol. The maximum atomic E-state index is 3.42. The van der Waals surface area contributed by atoms with Crippen LogP contribution >= 0.6 is 25.6 Å². The van der Waals surface area contributed by atoms with E-state index in [0.29, 0.717) is 0 Å². The summed E-state index contributed by atoms with van der Waals surface area (Å²) in [6.07, 6.45) is 3.24. The van der Waals surface area contributed by atoms with Crippen LogP contribution in [0.4, 0.5) is 0 Å². The zero-order valence-electron chi connectivity index (χ0n) is 3.94. The van der Waals surface area contributed by atoms with Crippen molar-refractivity contribution in [2.24, 2.45) is 0 Å². The topological polar surface area (TPSA) is 53.6 Å². The molecule has 0 aliphatic carbocycles. The number of aromatic nitrogens is 3. The summed E-state index contributed by atoms with van der Waals surface area (Å²) in [4.78, 5) is 0. The van der Waals surface area contributed by atoms with Crippen LogP contribution in [0.5, 0.6) is 0 Å². The molecule has 0 saturated carbocycles. The van der Waals surface area contributed by atoms with Gasteiger partial charge in [-0.15, -0.1) is 5.10 Å². The van der Waals surface area contributed by atoms with Gasteiger partial charge in [0, 0.05) is 6.20 Å². The van der Waals surface area contributed by atoms with E-state index in [0.717, 1.165) is 0 Å². The van der Waals surface area contributed by atoms with E-state index in [2.05, 4.69) is 45.2 Å². The van der Waals surface area contributed by atoms with Crippen molar-refractivity contribution in [1.29, 1.82) is 0 Å².